The minimum absolute atomic E-state index is 0.334. The summed E-state index contributed by atoms with van der Waals surface area (Å²) in [6.07, 6.45) is 4.13. The molecule has 0 spiro atoms. The van der Waals surface area contributed by atoms with E-state index in [-0.39, 0.29) is 16.7 Å². The van der Waals surface area contributed by atoms with Gasteiger partial charge in [0.1, 0.15) is 0 Å². The highest BCUT2D eigenvalue weighted by Gasteiger charge is 1.90. The lowest BCUT2D eigenvalue weighted by Crippen LogP contribution is -2.22. The van der Waals surface area contributed by atoms with Crippen LogP contribution in [0.4, 0.5) is 0 Å². The first-order valence-corrected chi connectivity index (χ1v) is 7.46. The highest BCUT2D eigenvalue weighted by atomic mass is 16.2. The van der Waals surface area contributed by atoms with Gasteiger partial charge in [0.05, 0.1) is 0 Å². The zero-order valence-electron chi connectivity index (χ0n) is 14.7. The average Bonchev–Trinajstić information content (AvgIpc) is 2.60. The second-order valence-corrected chi connectivity index (χ2v) is 5.26. The normalized spacial score (nSPS) is 9.44. The quantitative estimate of drug-likeness (QED) is 0.264. The molecule has 0 aromatic carbocycles. The molecule has 0 saturated heterocycles. The van der Waals surface area contributed by atoms with E-state index in [1.54, 1.807) is 20.8 Å². The van der Waals surface area contributed by atoms with Crippen molar-refractivity contribution in [1.29, 1.82) is 0 Å². The summed E-state index contributed by atoms with van der Waals surface area (Å²) in [5.41, 5.74) is -0.878. The summed E-state index contributed by atoms with van der Waals surface area (Å²) in [6, 6.07) is 0. The maximum absolute atomic E-state index is 10.6. The zero-order valence-corrected chi connectivity index (χ0v) is 14.7. The molecule has 0 aliphatic rings. The van der Waals surface area contributed by atoms with Gasteiger partial charge >= 0.3 is 17.1 Å². The van der Waals surface area contributed by atoms with Crippen molar-refractivity contribution >= 4 is 0 Å². The van der Waals surface area contributed by atoms with Gasteiger partial charge in [-0.15, -0.1) is 0 Å². The maximum Gasteiger partial charge on any atom is 0.325 e. The molecule has 3 aromatic rings. The topological polar surface area (TPSA) is 197 Å². The van der Waals surface area contributed by atoms with Crippen molar-refractivity contribution in [3.8, 4) is 0 Å². The Morgan fingerprint density at radius 3 is 0.852 bits per heavy atom. The average molecular weight is 378 g/mol. The number of hydrogen-bond donors (Lipinski definition) is 6. The molecule has 0 aliphatic carbocycles. The lowest BCUT2D eigenvalue weighted by Gasteiger charge is -1.84. The van der Waals surface area contributed by atoms with Crippen molar-refractivity contribution in [3.63, 3.8) is 0 Å². The van der Waals surface area contributed by atoms with Gasteiger partial charge in [-0.25, -0.2) is 14.4 Å². The van der Waals surface area contributed by atoms with Gasteiger partial charge in [-0.1, -0.05) is 0 Å². The Morgan fingerprint density at radius 1 is 0.481 bits per heavy atom. The van der Waals surface area contributed by atoms with Gasteiger partial charge in [0, 0.05) is 35.3 Å². The van der Waals surface area contributed by atoms with Crippen molar-refractivity contribution < 1.29 is 0 Å². The Balaban J connectivity index is 0.000000202. The molecule has 0 radical (unpaired) electrons. The summed E-state index contributed by atoms with van der Waals surface area (Å²) in [4.78, 5) is 75.9. The fraction of sp³-hybridized carbons (Fsp3) is 0.200. The molecule has 0 unspecified atom stereocenters. The highest BCUT2D eigenvalue weighted by Crippen LogP contribution is 1.74. The maximum atomic E-state index is 10.6. The lowest BCUT2D eigenvalue weighted by molar-refractivity contribution is 1.01. The molecule has 0 saturated carbocycles. The number of aromatic amines is 6. The van der Waals surface area contributed by atoms with E-state index in [1.807, 2.05) is 0 Å². The van der Waals surface area contributed by atoms with E-state index in [0.717, 1.165) is 0 Å². The smallest absolute Gasteiger partial charge is 0.314 e. The molecule has 3 heterocycles. The van der Waals surface area contributed by atoms with Crippen LogP contribution in [0.2, 0.25) is 0 Å². The van der Waals surface area contributed by atoms with E-state index < -0.39 is 17.1 Å². The first-order chi connectivity index (χ1) is 12.6. The van der Waals surface area contributed by atoms with Crippen LogP contribution >= 0.6 is 0 Å². The Hall–Kier alpha value is -3.96. The van der Waals surface area contributed by atoms with Crippen LogP contribution in [0, 0.1) is 20.8 Å². The first kappa shape index (κ1) is 21.1. The van der Waals surface area contributed by atoms with Crippen LogP contribution in [0.1, 0.15) is 16.7 Å². The Morgan fingerprint density at radius 2 is 0.704 bits per heavy atom. The number of H-pyrrole nitrogens is 6. The van der Waals surface area contributed by atoms with Crippen LogP contribution in [0.5, 0.6) is 0 Å². The van der Waals surface area contributed by atoms with Crippen LogP contribution in [-0.2, 0) is 0 Å². The van der Waals surface area contributed by atoms with Crippen molar-refractivity contribution in [2.45, 2.75) is 20.8 Å². The molecule has 144 valence electrons. The van der Waals surface area contributed by atoms with Crippen LogP contribution in [-0.4, -0.2) is 29.9 Å². The predicted molar refractivity (Wildman–Crippen MR) is 97.3 cm³/mol. The number of aryl methyl sites for hydroxylation is 3. The Labute approximate surface area is 149 Å². The van der Waals surface area contributed by atoms with Gasteiger partial charge in [0.2, 0.25) is 0 Å². The summed E-state index contributed by atoms with van der Waals surface area (Å²) < 4.78 is 0. The summed E-state index contributed by atoms with van der Waals surface area (Å²) in [6.45, 7) is 4.86. The molecule has 0 aliphatic heterocycles. The number of nitrogens with one attached hydrogen (secondary N) is 6. The van der Waals surface area contributed by atoms with Crippen LogP contribution in [0.25, 0.3) is 0 Å². The second kappa shape index (κ2) is 9.50. The fourth-order valence-corrected chi connectivity index (χ4v) is 1.43. The van der Waals surface area contributed by atoms with E-state index >= 15 is 0 Å². The van der Waals surface area contributed by atoms with Gasteiger partial charge < -0.3 is 15.0 Å². The van der Waals surface area contributed by atoms with Crippen molar-refractivity contribution in [3.05, 3.63) is 97.8 Å². The molecular weight excluding hydrogens is 360 g/mol. The Bertz CT molecular complexity index is 1080. The number of hydrogen-bond acceptors (Lipinski definition) is 6. The molecule has 0 amide bonds. The van der Waals surface area contributed by atoms with Crippen molar-refractivity contribution in [1.82, 2.24) is 29.9 Å². The summed E-state index contributed by atoms with van der Waals surface area (Å²) in [7, 11) is 0. The minimum Gasteiger partial charge on any atom is -0.314 e. The van der Waals surface area contributed by atoms with Crippen LogP contribution in [0.15, 0.2) is 47.4 Å². The molecule has 3 aromatic heterocycles. The molecule has 0 fully saturated rings. The molecule has 12 heteroatoms. The van der Waals surface area contributed by atoms with Gasteiger partial charge in [0.25, 0.3) is 16.7 Å². The third kappa shape index (κ3) is 7.21. The fourth-order valence-electron chi connectivity index (χ4n) is 1.43. The van der Waals surface area contributed by atoms with E-state index in [1.165, 1.54) is 18.6 Å². The zero-order chi connectivity index (χ0) is 20.6. The third-order valence-corrected chi connectivity index (χ3v) is 3.01. The number of rotatable bonds is 0. The minimum atomic E-state index is -0.467. The largest absolute Gasteiger partial charge is 0.325 e. The number of aromatic nitrogens is 6. The highest BCUT2D eigenvalue weighted by molar-refractivity contribution is 4.99. The second-order valence-electron chi connectivity index (χ2n) is 5.26. The summed E-state index contributed by atoms with van der Waals surface area (Å²) in [5, 5.41) is 0. The van der Waals surface area contributed by atoms with Gasteiger partial charge in [0.15, 0.2) is 0 Å². The van der Waals surface area contributed by atoms with E-state index in [4.69, 9.17) is 0 Å². The summed E-state index contributed by atoms with van der Waals surface area (Å²) in [5.74, 6) is 0. The molecular formula is C15H18N6O6. The van der Waals surface area contributed by atoms with E-state index in [2.05, 4.69) is 29.9 Å². The molecule has 0 bridgehead atoms. The predicted octanol–water partition coefficient (Wildman–Crippen LogP) is -1.89. The monoisotopic (exact) mass is 378 g/mol. The summed E-state index contributed by atoms with van der Waals surface area (Å²) >= 11 is 0. The van der Waals surface area contributed by atoms with Crippen molar-refractivity contribution in [2.24, 2.45) is 0 Å². The SMILES string of the molecule is Cc1c[nH]c(=O)[nH]c1=O.Cc1c[nH]c(=O)[nH]c1=O.Cc1c[nH]c(=O)[nH]c1=O. The molecule has 6 N–H and O–H groups in total. The van der Waals surface area contributed by atoms with Gasteiger partial charge in [-0.2, -0.15) is 0 Å². The molecule has 12 nitrogen and oxygen atoms in total. The molecule has 0 atom stereocenters. The first-order valence-electron chi connectivity index (χ1n) is 7.46. The standard InChI is InChI=1S/3C5H6N2O2/c3*1-3-2-6-5(9)7-4(3)8/h3*2H,1H3,(H2,6,7,8,9). The van der Waals surface area contributed by atoms with Crippen molar-refractivity contribution in [2.75, 3.05) is 0 Å². The van der Waals surface area contributed by atoms with Crippen LogP contribution in [0.3, 0.4) is 0 Å². The van der Waals surface area contributed by atoms with Gasteiger partial charge in [-0.3, -0.25) is 29.3 Å². The van der Waals surface area contributed by atoms with E-state index in [9.17, 15) is 28.8 Å². The molecule has 27 heavy (non-hydrogen) atoms. The Kier molecular flexibility index (Phi) is 7.42. The third-order valence-electron chi connectivity index (χ3n) is 3.01. The van der Waals surface area contributed by atoms with E-state index in [0.29, 0.717) is 16.7 Å². The molecule has 3 rings (SSSR count). The van der Waals surface area contributed by atoms with Crippen LogP contribution < -0.4 is 33.7 Å². The van der Waals surface area contributed by atoms with Gasteiger partial charge in [-0.05, 0) is 20.8 Å². The lowest BCUT2D eigenvalue weighted by atomic mass is 10.4.